The second-order valence-electron chi connectivity index (χ2n) is 6.19. The van der Waals surface area contributed by atoms with E-state index in [1.165, 1.54) is 0 Å². The van der Waals surface area contributed by atoms with Gasteiger partial charge in [0.05, 0.1) is 12.8 Å². The molecule has 0 aliphatic carbocycles. The van der Waals surface area contributed by atoms with Gasteiger partial charge in [-0.05, 0) is 17.2 Å². The fraction of sp³-hybridized carbons (Fsp3) is 0.300. The molecule has 2 aromatic rings. The maximum Gasteiger partial charge on any atom is 0.227 e. The van der Waals surface area contributed by atoms with Crippen LogP contribution in [0.2, 0.25) is 5.02 Å². The Bertz CT molecular complexity index is 740. The highest BCUT2D eigenvalue weighted by Crippen LogP contribution is 2.17. The lowest BCUT2D eigenvalue weighted by Gasteiger charge is -2.35. The smallest absolute Gasteiger partial charge is 0.227 e. The summed E-state index contributed by atoms with van der Waals surface area (Å²) in [6, 6.07) is 17.1. The average molecular weight is 357 g/mol. The normalized spacial score (nSPS) is 14.4. The minimum atomic E-state index is 0.0586. The maximum absolute atomic E-state index is 12.5. The standard InChI is InChI=1S/C20H21ClN2O2/c21-18-9-5-4-8-17(18)15-20(25)23-12-10-22(11-13-23)19(24)14-16-6-2-1-3-7-16/h1-9H,10-15H2. The molecule has 3 rings (SSSR count). The molecule has 4 nitrogen and oxygen atoms in total. The first-order valence-corrected chi connectivity index (χ1v) is 8.84. The van der Waals surface area contributed by atoms with Gasteiger partial charge in [0.15, 0.2) is 0 Å². The lowest BCUT2D eigenvalue weighted by atomic mass is 10.1. The summed E-state index contributed by atoms with van der Waals surface area (Å²) in [7, 11) is 0. The Kier molecular flexibility index (Phi) is 5.71. The molecular formula is C20H21ClN2O2. The van der Waals surface area contributed by atoms with Crippen molar-refractivity contribution < 1.29 is 9.59 Å². The summed E-state index contributed by atoms with van der Waals surface area (Å²) in [5, 5.41) is 0.618. The van der Waals surface area contributed by atoms with Gasteiger partial charge < -0.3 is 9.80 Å². The molecule has 1 aliphatic heterocycles. The predicted molar refractivity (Wildman–Crippen MR) is 98.5 cm³/mol. The van der Waals surface area contributed by atoms with E-state index in [4.69, 9.17) is 11.6 Å². The zero-order valence-corrected chi connectivity index (χ0v) is 14.8. The molecule has 0 radical (unpaired) electrons. The van der Waals surface area contributed by atoms with Crippen molar-refractivity contribution in [1.29, 1.82) is 0 Å². The third-order valence-electron chi connectivity index (χ3n) is 4.48. The first-order valence-electron chi connectivity index (χ1n) is 8.46. The van der Waals surface area contributed by atoms with Gasteiger partial charge in [-0.15, -0.1) is 0 Å². The van der Waals surface area contributed by atoms with Crippen molar-refractivity contribution in [3.63, 3.8) is 0 Å². The summed E-state index contributed by atoms with van der Waals surface area (Å²) in [5.74, 6) is 0.174. The molecule has 0 atom stereocenters. The van der Waals surface area contributed by atoms with Crippen LogP contribution in [0.25, 0.3) is 0 Å². The summed E-state index contributed by atoms with van der Waals surface area (Å²) in [6.07, 6.45) is 0.714. The molecule has 2 aromatic carbocycles. The fourth-order valence-corrected chi connectivity index (χ4v) is 3.21. The summed E-state index contributed by atoms with van der Waals surface area (Å²) in [4.78, 5) is 28.5. The number of halogens is 1. The number of amides is 2. The molecule has 5 heteroatoms. The second kappa shape index (κ2) is 8.17. The van der Waals surface area contributed by atoms with Gasteiger partial charge >= 0.3 is 0 Å². The van der Waals surface area contributed by atoms with Crippen molar-refractivity contribution in [2.75, 3.05) is 26.2 Å². The highest BCUT2D eigenvalue weighted by Gasteiger charge is 2.24. The molecule has 0 N–H and O–H groups in total. The molecule has 0 spiro atoms. The summed E-state index contributed by atoms with van der Waals surface area (Å²) in [6.45, 7) is 2.31. The quantitative estimate of drug-likeness (QED) is 0.845. The highest BCUT2D eigenvalue weighted by molar-refractivity contribution is 6.31. The molecule has 1 fully saturated rings. The molecule has 130 valence electrons. The zero-order valence-electron chi connectivity index (χ0n) is 14.0. The molecule has 2 amide bonds. The van der Waals surface area contributed by atoms with Gasteiger partial charge in [0.1, 0.15) is 0 Å². The fourth-order valence-electron chi connectivity index (χ4n) is 3.00. The Balaban J connectivity index is 1.50. The van der Waals surface area contributed by atoms with Gasteiger partial charge in [-0.25, -0.2) is 0 Å². The number of benzene rings is 2. The van der Waals surface area contributed by atoms with Crippen molar-refractivity contribution in [2.45, 2.75) is 12.8 Å². The van der Waals surface area contributed by atoms with Gasteiger partial charge in [0.25, 0.3) is 0 Å². The van der Waals surface area contributed by atoms with Crippen LogP contribution in [0.5, 0.6) is 0 Å². The monoisotopic (exact) mass is 356 g/mol. The van der Waals surface area contributed by atoms with Crippen LogP contribution >= 0.6 is 11.6 Å². The lowest BCUT2D eigenvalue weighted by molar-refractivity contribution is -0.138. The molecular weight excluding hydrogens is 336 g/mol. The minimum Gasteiger partial charge on any atom is -0.339 e. The third kappa shape index (κ3) is 4.60. The van der Waals surface area contributed by atoms with Crippen molar-refractivity contribution in [3.05, 3.63) is 70.7 Å². The Morgan fingerprint density at radius 2 is 1.28 bits per heavy atom. The van der Waals surface area contributed by atoms with Crippen molar-refractivity contribution in [3.8, 4) is 0 Å². The molecule has 0 bridgehead atoms. The Morgan fingerprint density at radius 3 is 1.88 bits per heavy atom. The molecule has 1 saturated heterocycles. The van der Waals surface area contributed by atoms with Crippen LogP contribution in [0.1, 0.15) is 11.1 Å². The van der Waals surface area contributed by atoms with Crippen LogP contribution in [-0.2, 0) is 22.4 Å². The van der Waals surface area contributed by atoms with E-state index in [1.807, 2.05) is 58.3 Å². The number of carbonyl (C=O) groups is 2. The molecule has 25 heavy (non-hydrogen) atoms. The van der Waals surface area contributed by atoms with Gasteiger partial charge in [-0.2, -0.15) is 0 Å². The van der Waals surface area contributed by atoms with Gasteiger partial charge in [0, 0.05) is 31.2 Å². The van der Waals surface area contributed by atoms with E-state index in [1.54, 1.807) is 6.07 Å². The van der Waals surface area contributed by atoms with E-state index >= 15 is 0 Å². The maximum atomic E-state index is 12.5. The lowest BCUT2D eigenvalue weighted by Crippen LogP contribution is -2.51. The van der Waals surface area contributed by atoms with Crippen molar-refractivity contribution in [1.82, 2.24) is 9.80 Å². The summed E-state index contributed by atoms with van der Waals surface area (Å²) < 4.78 is 0. The molecule has 1 heterocycles. The number of rotatable bonds is 4. The number of nitrogens with zero attached hydrogens (tertiary/aromatic N) is 2. The number of hydrogen-bond acceptors (Lipinski definition) is 2. The minimum absolute atomic E-state index is 0.0586. The number of hydrogen-bond donors (Lipinski definition) is 0. The van der Waals surface area contributed by atoms with Crippen LogP contribution in [0.15, 0.2) is 54.6 Å². The van der Waals surface area contributed by atoms with Crippen molar-refractivity contribution in [2.24, 2.45) is 0 Å². The Hall–Kier alpha value is -2.33. The van der Waals surface area contributed by atoms with Gasteiger partial charge in [-0.3, -0.25) is 9.59 Å². The highest BCUT2D eigenvalue weighted by atomic mass is 35.5. The predicted octanol–water partition coefficient (Wildman–Crippen LogP) is 2.80. The van der Waals surface area contributed by atoms with Gasteiger partial charge in [0.2, 0.25) is 11.8 Å². The first-order chi connectivity index (χ1) is 12.1. The molecule has 0 unspecified atom stereocenters. The van der Waals surface area contributed by atoms with Crippen LogP contribution in [-0.4, -0.2) is 47.8 Å². The second-order valence-corrected chi connectivity index (χ2v) is 6.60. The van der Waals surface area contributed by atoms with E-state index in [9.17, 15) is 9.59 Å². The van der Waals surface area contributed by atoms with E-state index in [0.717, 1.165) is 11.1 Å². The molecule has 0 saturated carbocycles. The van der Waals surface area contributed by atoms with E-state index in [2.05, 4.69) is 0 Å². The van der Waals surface area contributed by atoms with E-state index < -0.39 is 0 Å². The third-order valence-corrected chi connectivity index (χ3v) is 4.85. The average Bonchev–Trinajstić information content (AvgIpc) is 2.64. The topological polar surface area (TPSA) is 40.6 Å². The number of carbonyl (C=O) groups excluding carboxylic acids is 2. The van der Waals surface area contributed by atoms with Crippen LogP contribution in [0, 0.1) is 0 Å². The molecule has 0 aromatic heterocycles. The van der Waals surface area contributed by atoms with Crippen molar-refractivity contribution >= 4 is 23.4 Å². The largest absolute Gasteiger partial charge is 0.339 e. The number of piperazine rings is 1. The summed E-state index contributed by atoms with van der Waals surface area (Å²) >= 11 is 6.13. The zero-order chi connectivity index (χ0) is 17.6. The van der Waals surface area contributed by atoms with Crippen LogP contribution in [0.3, 0.4) is 0 Å². The molecule has 1 aliphatic rings. The first kappa shape index (κ1) is 17.5. The van der Waals surface area contributed by atoms with Crippen LogP contribution < -0.4 is 0 Å². The summed E-state index contributed by atoms with van der Waals surface area (Å²) in [5.41, 5.74) is 1.86. The Morgan fingerprint density at radius 1 is 0.760 bits per heavy atom. The Labute approximate surface area is 153 Å². The van der Waals surface area contributed by atoms with E-state index in [0.29, 0.717) is 44.0 Å². The van der Waals surface area contributed by atoms with Crippen LogP contribution in [0.4, 0.5) is 0 Å². The van der Waals surface area contributed by atoms with Gasteiger partial charge in [-0.1, -0.05) is 60.1 Å². The van der Waals surface area contributed by atoms with E-state index in [-0.39, 0.29) is 11.8 Å². The SMILES string of the molecule is O=C(Cc1ccccc1)N1CCN(C(=O)Cc2ccccc2Cl)CC1.